The molecule has 0 radical (unpaired) electrons. The van der Waals surface area contributed by atoms with Crippen molar-refractivity contribution in [2.24, 2.45) is 16.8 Å². The number of aromatic nitrogens is 3. The first kappa shape index (κ1) is 15.8. The van der Waals surface area contributed by atoms with Crippen LogP contribution >= 0.6 is 0 Å². The molecule has 1 aromatic carbocycles. The maximum absolute atomic E-state index is 6.08. The highest BCUT2D eigenvalue weighted by atomic mass is 16.5. The molecule has 2 aromatic rings. The van der Waals surface area contributed by atoms with Gasteiger partial charge in [-0.3, -0.25) is 4.99 Å². The molecule has 3 aliphatic rings. The number of guanidine groups is 1. The Hall–Kier alpha value is -2.41. The molecule has 26 heavy (non-hydrogen) atoms. The van der Waals surface area contributed by atoms with E-state index in [1.54, 1.807) is 17.3 Å². The lowest BCUT2D eigenvalue weighted by Gasteiger charge is -2.23. The fourth-order valence-electron chi connectivity index (χ4n) is 4.80. The van der Waals surface area contributed by atoms with E-state index in [9.17, 15) is 0 Å². The first-order chi connectivity index (χ1) is 12.8. The molecule has 0 spiro atoms. The summed E-state index contributed by atoms with van der Waals surface area (Å²) in [4.78, 5) is 10.9. The van der Waals surface area contributed by atoms with Crippen LogP contribution < -0.4 is 5.32 Å². The second-order valence-electron chi connectivity index (χ2n) is 7.43. The van der Waals surface area contributed by atoms with Crippen LogP contribution in [0.25, 0.3) is 5.69 Å². The predicted molar refractivity (Wildman–Crippen MR) is 98.0 cm³/mol. The molecule has 2 bridgehead atoms. The average Bonchev–Trinajstić information content (AvgIpc) is 3.44. The molecule has 1 N–H and O–H groups in total. The number of likely N-dealkylation sites (tertiary alicyclic amines) is 1. The minimum absolute atomic E-state index is 0.479. The lowest BCUT2D eigenvalue weighted by atomic mass is 9.82. The molecule has 0 amide bonds. The van der Waals surface area contributed by atoms with Crippen molar-refractivity contribution in [3.05, 3.63) is 42.5 Å². The molecule has 4 atom stereocenters. The summed E-state index contributed by atoms with van der Waals surface area (Å²) in [7, 11) is 1.87. The highest BCUT2D eigenvalue weighted by Gasteiger charge is 2.53. The maximum Gasteiger partial charge on any atom is 0.193 e. The number of hydrogen-bond acceptors (Lipinski definition) is 4. The molecular weight excluding hydrogens is 328 g/mol. The average molecular weight is 352 g/mol. The van der Waals surface area contributed by atoms with Crippen LogP contribution in [-0.2, 0) is 11.3 Å². The van der Waals surface area contributed by atoms with Crippen LogP contribution in [0.4, 0.5) is 0 Å². The molecular formula is C19H24N6O. The van der Waals surface area contributed by atoms with Crippen LogP contribution in [0.15, 0.2) is 41.9 Å². The van der Waals surface area contributed by atoms with E-state index in [0.29, 0.717) is 24.0 Å². The van der Waals surface area contributed by atoms with Crippen LogP contribution in [0.5, 0.6) is 0 Å². The van der Waals surface area contributed by atoms with Crippen LogP contribution in [-0.4, -0.2) is 58.0 Å². The van der Waals surface area contributed by atoms with Gasteiger partial charge >= 0.3 is 0 Å². The second-order valence-corrected chi connectivity index (χ2v) is 7.43. The van der Waals surface area contributed by atoms with Crippen molar-refractivity contribution in [3.63, 3.8) is 0 Å². The molecule has 0 saturated carbocycles. The highest BCUT2D eigenvalue weighted by molar-refractivity contribution is 5.80. The largest absolute Gasteiger partial charge is 0.374 e. The summed E-state index contributed by atoms with van der Waals surface area (Å²) in [5, 5.41) is 7.73. The Morgan fingerprint density at radius 3 is 2.77 bits per heavy atom. The van der Waals surface area contributed by atoms with E-state index < -0.39 is 0 Å². The first-order valence-corrected chi connectivity index (χ1v) is 9.37. The zero-order valence-electron chi connectivity index (χ0n) is 15.0. The lowest BCUT2D eigenvalue weighted by molar-refractivity contribution is 0.0767. The van der Waals surface area contributed by atoms with E-state index in [1.807, 2.05) is 19.2 Å². The Morgan fingerprint density at radius 1 is 1.27 bits per heavy atom. The van der Waals surface area contributed by atoms with Gasteiger partial charge in [-0.1, -0.05) is 12.1 Å². The van der Waals surface area contributed by atoms with Crippen molar-refractivity contribution in [2.45, 2.75) is 31.6 Å². The maximum atomic E-state index is 6.08. The third kappa shape index (κ3) is 2.67. The smallest absolute Gasteiger partial charge is 0.193 e. The topological polar surface area (TPSA) is 67.6 Å². The number of ether oxygens (including phenoxy) is 1. The van der Waals surface area contributed by atoms with Crippen molar-refractivity contribution in [2.75, 3.05) is 20.1 Å². The zero-order chi connectivity index (χ0) is 17.5. The van der Waals surface area contributed by atoms with Gasteiger partial charge in [-0.25, -0.2) is 9.67 Å². The fourth-order valence-corrected chi connectivity index (χ4v) is 4.80. The SMILES string of the molecule is CN=C(NCc1cccc(-n2cncn2)c1)N1CC2C3CCC(O3)C2C1. The molecule has 3 fully saturated rings. The summed E-state index contributed by atoms with van der Waals surface area (Å²) in [5.41, 5.74) is 2.21. The molecule has 5 rings (SSSR count). The van der Waals surface area contributed by atoms with Crippen LogP contribution in [0.2, 0.25) is 0 Å². The fraction of sp³-hybridized carbons (Fsp3) is 0.526. The Balaban J connectivity index is 1.24. The third-order valence-corrected chi connectivity index (χ3v) is 6.01. The van der Waals surface area contributed by atoms with Crippen molar-refractivity contribution in [1.82, 2.24) is 25.0 Å². The van der Waals surface area contributed by atoms with Crippen molar-refractivity contribution in [1.29, 1.82) is 0 Å². The summed E-state index contributed by atoms with van der Waals surface area (Å²) >= 11 is 0. The van der Waals surface area contributed by atoms with Crippen molar-refractivity contribution < 1.29 is 4.74 Å². The number of benzene rings is 1. The quantitative estimate of drug-likeness (QED) is 0.669. The number of nitrogens with one attached hydrogen (secondary N) is 1. The van der Waals surface area contributed by atoms with Gasteiger partial charge in [-0.05, 0) is 30.5 Å². The Kier molecular flexibility index (Phi) is 3.89. The van der Waals surface area contributed by atoms with Gasteiger partial charge in [0.05, 0.1) is 17.9 Å². The summed E-state index contributed by atoms with van der Waals surface area (Å²) < 4.78 is 7.85. The van der Waals surface area contributed by atoms with Gasteiger partial charge in [0.15, 0.2) is 5.96 Å². The Labute approximate surface area is 153 Å². The molecule has 4 heterocycles. The number of aliphatic imine (C=N–C) groups is 1. The molecule has 136 valence electrons. The van der Waals surface area contributed by atoms with Crippen LogP contribution in [0.3, 0.4) is 0 Å². The number of rotatable bonds is 3. The zero-order valence-corrected chi connectivity index (χ0v) is 15.0. The summed E-state index contributed by atoms with van der Waals surface area (Å²) in [6, 6.07) is 8.33. The van der Waals surface area contributed by atoms with E-state index in [-0.39, 0.29) is 0 Å². The number of fused-ring (bicyclic) bond motifs is 5. The minimum Gasteiger partial charge on any atom is -0.374 e. The van der Waals surface area contributed by atoms with Gasteiger partial charge in [0, 0.05) is 38.5 Å². The van der Waals surface area contributed by atoms with Gasteiger partial charge in [-0.2, -0.15) is 5.10 Å². The molecule has 0 aliphatic carbocycles. The van der Waals surface area contributed by atoms with Gasteiger partial charge < -0.3 is 15.0 Å². The molecule has 3 saturated heterocycles. The van der Waals surface area contributed by atoms with Crippen molar-refractivity contribution >= 4 is 5.96 Å². The molecule has 1 aromatic heterocycles. The van der Waals surface area contributed by atoms with Gasteiger partial charge in [0.2, 0.25) is 0 Å². The van der Waals surface area contributed by atoms with Gasteiger partial charge in [0.1, 0.15) is 12.7 Å². The minimum atomic E-state index is 0.479. The monoisotopic (exact) mass is 352 g/mol. The summed E-state index contributed by atoms with van der Waals surface area (Å²) in [6.07, 6.45) is 6.69. The van der Waals surface area contributed by atoms with Crippen LogP contribution in [0, 0.1) is 11.8 Å². The van der Waals surface area contributed by atoms with Crippen molar-refractivity contribution in [3.8, 4) is 5.69 Å². The molecule has 4 unspecified atom stereocenters. The number of hydrogen-bond donors (Lipinski definition) is 1. The Morgan fingerprint density at radius 2 is 2.08 bits per heavy atom. The van der Waals surface area contributed by atoms with E-state index >= 15 is 0 Å². The van der Waals surface area contributed by atoms with Crippen LogP contribution in [0.1, 0.15) is 18.4 Å². The predicted octanol–water partition coefficient (Wildman–Crippen LogP) is 1.45. The Bertz CT molecular complexity index is 786. The second kappa shape index (κ2) is 6.39. The molecule has 3 aliphatic heterocycles. The van der Waals surface area contributed by atoms with Gasteiger partial charge in [-0.15, -0.1) is 0 Å². The summed E-state index contributed by atoms with van der Waals surface area (Å²) in [5.74, 6) is 2.36. The van der Waals surface area contributed by atoms with E-state index in [2.05, 4.69) is 37.4 Å². The third-order valence-electron chi connectivity index (χ3n) is 6.01. The highest BCUT2D eigenvalue weighted by Crippen LogP contribution is 2.47. The first-order valence-electron chi connectivity index (χ1n) is 9.37. The molecule has 7 heteroatoms. The normalized spacial score (nSPS) is 30.0. The van der Waals surface area contributed by atoms with E-state index in [1.165, 1.54) is 18.4 Å². The summed E-state index contributed by atoms with van der Waals surface area (Å²) in [6.45, 7) is 2.86. The number of nitrogens with zero attached hydrogens (tertiary/aromatic N) is 5. The molecule has 7 nitrogen and oxygen atoms in total. The van der Waals surface area contributed by atoms with Gasteiger partial charge in [0.25, 0.3) is 0 Å². The van der Waals surface area contributed by atoms with E-state index in [0.717, 1.165) is 31.3 Å². The lowest BCUT2D eigenvalue weighted by Crippen LogP contribution is -2.41. The standard InChI is InChI=1S/C19H24N6O/c1-20-19(24-9-15-16(10-24)18-6-5-17(15)26-18)22-8-13-3-2-4-14(7-13)25-12-21-11-23-25/h2-4,7,11-12,15-18H,5-6,8-10H2,1H3,(H,20,22). The van der Waals surface area contributed by atoms with E-state index in [4.69, 9.17) is 4.74 Å².